The fourth-order valence-electron chi connectivity index (χ4n) is 1.99. The zero-order valence-electron chi connectivity index (χ0n) is 11.7. The number of H-pyrrole nitrogens is 1. The molecule has 112 valence electrons. The topological polar surface area (TPSA) is 57.8 Å². The van der Waals surface area contributed by atoms with Crippen LogP contribution in [0.25, 0.3) is 11.0 Å². The Bertz CT molecular complexity index is 752. The first-order chi connectivity index (χ1) is 10.7. The fraction of sp³-hybridized carbons (Fsp3) is 0.125. The molecule has 0 aliphatic rings. The van der Waals surface area contributed by atoms with Crippen molar-refractivity contribution in [1.82, 2.24) is 9.97 Å². The lowest BCUT2D eigenvalue weighted by molar-refractivity contribution is -0.115. The zero-order chi connectivity index (χ0) is 15.4. The molecule has 0 atom stereocenters. The van der Waals surface area contributed by atoms with Crippen LogP contribution in [0.4, 0.5) is 10.1 Å². The van der Waals surface area contributed by atoms with Gasteiger partial charge in [-0.3, -0.25) is 4.79 Å². The molecule has 22 heavy (non-hydrogen) atoms. The molecule has 0 bridgehead atoms. The van der Waals surface area contributed by atoms with Gasteiger partial charge in [-0.1, -0.05) is 23.9 Å². The number of aromatic nitrogens is 2. The SMILES string of the molecule is O=C(CCSc1nc2ccccc2[nH]1)Nc1ccc(F)cc1. The number of amides is 1. The summed E-state index contributed by atoms with van der Waals surface area (Å²) in [5.41, 5.74) is 2.50. The molecule has 0 fully saturated rings. The Labute approximate surface area is 131 Å². The molecule has 0 aliphatic carbocycles. The summed E-state index contributed by atoms with van der Waals surface area (Å²) in [5, 5.41) is 3.53. The number of benzene rings is 2. The number of rotatable bonds is 5. The zero-order valence-corrected chi connectivity index (χ0v) is 12.5. The lowest BCUT2D eigenvalue weighted by atomic mass is 10.3. The van der Waals surface area contributed by atoms with Gasteiger partial charge in [0, 0.05) is 17.9 Å². The van der Waals surface area contributed by atoms with Gasteiger partial charge in [-0.05, 0) is 36.4 Å². The van der Waals surface area contributed by atoms with Crippen LogP contribution in [0.2, 0.25) is 0 Å². The van der Waals surface area contributed by atoms with Gasteiger partial charge in [-0.15, -0.1) is 0 Å². The van der Waals surface area contributed by atoms with E-state index in [1.807, 2.05) is 24.3 Å². The van der Waals surface area contributed by atoms with Crippen LogP contribution in [0.15, 0.2) is 53.7 Å². The molecule has 2 aromatic carbocycles. The van der Waals surface area contributed by atoms with Crippen molar-refractivity contribution < 1.29 is 9.18 Å². The summed E-state index contributed by atoms with van der Waals surface area (Å²) in [6.07, 6.45) is 0.360. The van der Waals surface area contributed by atoms with Gasteiger partial charge in [-0.25, -0.2) is 9.37 Å². The third-order valence-electron chi connectivity index (χ3n) is 3.06. The van der Waals surface area contributed by atoms with Crippen molar-refractivity contribution in [3.8, 4) is 0 Å². The minimum Gasteiger partial charge on any atom is -0.333 e. The van der Waals surface area contributed by atoms with E-state index in [4.69, 9.17) is 0 Å². The van der Waals surface area contributed by atoms with Crippen LogP contribution in [-0.2, 0) is 4.79 Å². The average molecular weight is 315 g/mol. The summed E-state index contributed by atoms with van der Waals surface area (Å²) in [6, 6.07) is 13.5. The summed E-state index contributed by atoms with van der Waals surface area (Å²) in [6.45, 7) is 0. The monoisotopic (exact) mass is 315 g/mol. The van der Waals surface area contributed by atoms with Crippen LogP contribution in [0.5, 0.6) is 0 Å². The van der Waals surface area contributed by atoms with Crippen LogP contribution in [0, 0.1) is 5.82 Å². The molecule has 3 aromatic rings. The van der Waals surface area contributed by atoms with E-state index in [1.165, 1.54) is 23.9 Å². The van der Waals surface area contributed by atoms with E-state index in [1.54, 1.807) is 12.1 Å². The summed E-state index contributed by atoms with van der Waals surface area (Å²) in [7, 11) is 0. The van der Waals surface area contributed by atoms with E-state index in [0.717, 1.165) is 16.2 Å². The number of hydrogen-bond acceptors (Lipinski definition) is 3. The predicted octanol–water partition coefficient (Wildman–Crippen LogP) is 3.82. The molecule has 0 saturated heterocycles. The number of para-hydroxylation sites is 2. The molecule has 1 aromatic heterocycles. The van der Waals surface area contributed by atoms with Gasteiger partial charge in [0.2, 0.25) is 5.91 Å². The van der Waals surface area contributed by atoms with E-state index < -0.39 is 0 Å². The predicted molar refractivity (Wildman–Crippen MR) is 86.5 cm³/mol. The number of carbonyl (C=O) groups is 1. The summed E-state index contributed by atoms with van der Waals surface area (Å²) < 4.78 is 12.8. The summed E-state index contributed by atoms with van der Waals surface area (Å²) in [4.78, 5) is 19.5. The number of nitrogens with one attached hydrogen (secondary N) is 2. The number of carbonyl (C=O) groups excluding carboxylic acids is 1. The Balaban J connectivity index is 1.49. The quantitative estimate of drug-likeness (QED) is 0.704. The Kier molecular flexibility index (Phi) is 4.39. The van der Waals surface area contributed by atoms with Gasteiger partial charge in [0.25, 0.3) is 0 Å². The first kappa shape index (κ1) is 14.6. The average Bonchev–Trinajstić information content (AvgIpc) is 2.92. The van der Waals surface area contributed by atoms with Crippen molar-refractivity contribution in [2.75, 3.05) is 11.1 Å². The second-order valence-corrected chi connectivity index (χ2v) is 5.80. The van der Waals surface area contributed by atoms with Crippen molar-refractivity contribution in [3.05, 3.63) is 54.3 Å². The van der Waals surface area contributed by atoms with E-state index >= 15 is 0 Å². The smallest absolute Gasteiger partial charge is 0.225 e. The van der Waals surface area contributed by atoms with Gasteiger partial charge in [0.1, 0.15) is 5.82 Å². The number of hydrogen-bond donors (Lipinski definition) is 2. The first-order valence-electron chi connectivity index (χ1n) is 6.84. The molecule has 0 radical (unpaired) electrons. The molecule has 6 heteroatoms. The minimum atomic E-state index is -0.321. The Morgan fingerprint density at radius 2 is 1.95 bits per heavy atom. The van der Waals surface area contributed by atoms with Crippen LogP contribution in [0.1, 0.15) is 6.42 Å². The number of nitrogens with zero attached hydrogens (tertiary/aromatic N) is 1. The standard InChI is InChI=1S/C16H14FN3OS/c17-11-5-7-12(8-6-11)18-15(21)9-10-22-16-19-13-3-1-2-4-14(13)20-16/h1-8H,9-10H2,(H,18,21)(H,19,20). The minimum absolute atomic E-state index is 0.102. The molecule has 3 rings (SSSR count). The molecule has 0 unspecified atom stereocenters. The highest BCUT2D eigenvalue weighted by Gasteiger charge is 2.06. The van der Waals surface area contributed by atoms with Gasteiger partial charge >= 0.3 is 0 Å². The Hall–Kier alpha value is -2.34. The molecule has 1 heterocycles. The largest absolute Gasteiger partial charge is 0.333 e. The molecule has 1 amide bonds. The van der Waals surface area contributed by atoms with Gasteiger partial charge in [0.15, 0.2) is 5.16 Å². The second kappa shape index (κ2) is 6.62. The maximum absolute atomic E-state index is 12.8. The number of anilines is 1. The Morgan fingerprint density at radius 1 is 1.18 bits per heavy atom. The molecule has 0 saturated carbocycles. The number of halogens is 1. The summed E-state index contributed by atoms with van der Waals surface area (Å²) in [5.74, 6) is 0.195. The van der Waals surface area contributed by atoms with Crippen molar-refractivity contribution in [3.63, 3.8) is 0 Å². The van der Waals surface area contributed by atoms with E-state index in [2.05, 4.69) is 15.3 Å². The van der Waals surface area contributed by atoms with Gasteiger partial charge < -0.3 is 10.3 Å². The summed E-state index contributed by atoms with van der Waals surface area (Å²) >= 11 is 1.50. The number of imidazole rings is 1. The number of thioether (sulfide) groups is 1. The van der Waals surface area contributed by atoms with Crippen molar-refractivity contribution in [2.45, 2.75) is 11.6 Å². The highest BCUT2D eigenvalue weighted by atomic mass is 32.2. The highest BCUT2D eigenvalue weighted by Crippen LogP contribution is 2.20. The van der Waals surface area contributed by atoms with Crippen molar-refractivity contribution >= 4 is 34.4 Å². The number of fused-ring (bicyclic) bond motifs is 1. The highest BCUT2D eigenvalue weighted by molar-refractivity contribution is 7.99. The van der Waals surface area contributed by atoms with Crippen LogP contribution < -0.4 is 5.32 Å². The van der Waals surface area contributed by atoms with E-state index in [9.17, 15) is 9.18 Å². The van der Waals surface area contributed by atoms with Crippen LogP contribution in [-0.4, -0.2) is 21.6 Å². The molecular formula is C16H14FN3OS. The second-order valence-electron chi connectivity index (χ2n) is 4.71. The lowest BCUT2D eigenvalue weighted by Gasteiger charge is -2.04. The van der Waals surface area contributed by atoms with E-state index in [0.29, 0.717) is 17.9 Å². The van der Waals surface area contributed by atoms with E-state index in [-0.39, 0.29) is 11.7 Å². The maximum atomic E-state index is 12.8. The fourth-order valence-corrected chi connectivity index (χ4v) is 2.82. The molecule has 2 N–H and O–H groups in total. The number of aromatic amines is 1. The van der Waals surface area contributed by atoms with Gasteiger partial charge in [0.05, 0.1) is 11.0 Å². The third-order valence-corrected chi connectivity index (χ3v) is 3.94. The van der Waals surface area contributed by atoms with Crippen LogP contribution in [0.3, 0.4) is 0 Å². The Morgan fingerprint density at radius 3 is 2.73 bits per heavy atom. The third kappa shape index (κ3) is 3.65. The molecule has 0 aliphatic heterocycles. The van der Waals surface area contributed by atoms with Crippen LogP contribution >= 0.6 is 11.8 Å². The lowest BCUT2D eigenvalue weighted by Crippen LogP contribution is -2.12. The van der Waals surface area contributed by atoms with Gasteiger partial charge in [-0.2, -0.15) is 0 Å². The normalized spacial score (nSPS) is 10.8. The molecule has 0 spiro atoms. The molecular weight excluding hydrogens is 301 g/mol. The van der Waals surface area contributed by atoms with Crippen molar-refractivity contribution in [1.29, 1.82) is 0 Å². The maximum Gasteiger partial charge on any atom is 0.225 e. The van der Waals surface area contributed by atoms with Crippen molar-refractivity contribution in [2.24, 2.45) is 0 Å². The first-order valence-corrected chi connectivity index (χ1v) is 7.82. The molecule has 4 nitrogen and oxygen atoms in total.